The lowest BCUT2D eigenvalue weighted by atomic mass is 10.1. The molecule has 152 valence electrons. The molecule has 3 aromatic rings. The van der Waals surface area contributed by atoms with E-state index in [0.29, 0.717) is 22.6 Å². The quantitative estimate of drug-likeness (QED) is 0.637. The van der Waals surface area contributed by atoms with E-state index in [9.17, 15) is 17.6 Å². The van der Waals surface area contributed by atoms with Crippen molar-refractivity contribution in [2.24, 2.45) is 0 Å². The standard InChI is InChI=1S/C20H20FN3O4S/c1-14-13-17(7-9-19(14)28-2)29(26,27)22-11-12-24-20(25)10-8-18(23-24)15-3-5-16(21)6-4-15/h3-10,13,22H,11-12H2,1-2H3. The number of nitrogens with one attached hydrogen (secondary N) is 1. The highest BCUT2D eigenvalue weighted by molar-refractivity contribution is 7.89. The highest BCUT2D eigenvalue weighted by atomic mass is 32.2. The van der Waals surface area contributed by atoms with Gasteiger partial charge in [0.25, 0.3) is 5.56 Å². The van der Waals surface area contributed by atoms with Crippen LogP contribution in [0.25, 0.3) is 11.3 Å². The largest absolute Gasteiger partial charge is 0.496 e. The molecule has 0 aliphatic rings. The summed E-state index contributed by atoms with van der Waals surface area (Å²) in [6.07, 6.45) is 0. The molecule has 3 rings (SSSR count). The summed E-state index contributed by atoms with van der Waals surface area (Å²) in [5.41, 5.74) is 1.46. The maximum absolute atomic E-state index is 13.1. The number of methoxy groups -OCH3 is 1. The second-order valence-corrected chi connectivity index (χ2v) is 8.08. The van der Waals surface area contributed by atoms with Gasteiger partial charge < -0.3 is 4.74 Å². The fourth-order valence-corrected chi connectivity index (χ4v) is 3.88. The van der Waals surface area contributed by atoms with Crippen molar-refractivity contribution in [1.82, 2.24) is 14.5 Å². The molecule has 0 saturated carbocycles. The van der Waals surface area contributed by atoms with E-state index in [0.717, 1.165) is 0 Å². The molecule has 0 fully saturated rings. The Morgan fingerprint density at radius 3 is 2.48 bits per heavy atom. The number of halogens is 1. The molecule has 0 aliphatic heterocycles. The molecule has 0 unspecified atom stereocenters. The van der Waals surface area contributed by atoms with E-state index in [1.807, 2.05) is 0 Å². The summed E-state index contributed by atoms with van der Waals surface area (Å²) in [7, 11) is -2.23. The number of nitrogens with zero attached hydrogens (tertiary/aromatic N) is 2. The number of sulfonamides is 1. The number of aryl methyl sites for hydroxylation is 1. The molecule has 0 spiro atoms. The minimum atomic E-state index is -3.75. The van der Waals surface area contributed by atoms with Crippen LogP contribution in [0.3, 0.4) is 0 Å². The number of aromatic nitrogens is 2. The van der Waals surface area contributed by atoms with E-state index in [4.69, 9.17) is 4.74 Å². The number of rotatable bonds is 7. The summed E-state index contributed by atoms with van der Waals surface area (Å²) in [4.78, 5) is 12.2. The molecule has 0 radical (unpaired) electrons. The van der Waals surface area contributed by atoms with E-state index in [2.05, 4.69) is 9.82 Å². The van der Waals surface area contributed by atoms with Crippen LogP contribution in [0.2, 0.25) is 0 Å². The summed E-state index contributed by atoms with van der Waals surface area (Å²) < 4.78 is 46.8. The number of hydrogen-bond donors (Lipinski definition) is 1. The van der Waals surface area contributed by atoms with E-state index in [-0.39, 0.29) is 29.4 Å². The molecule has 0 bridgehead atoms. The lowest BCUT2D eigenvalue weighted by molar-refractivity contribution is 0.411. The van der Waals surface area contributed by atoms with E-state index < -0.39 is 10.0 Å². The Morgan fingerprint density at radius 2 is 1.83 bits per heavy atom. The third-order valence-corrected chi connectivity index (χ3v) is 5.76. The van der Waals surface area contributed by atoms with Crippen LogP contribution in [0.4, 0.5) is 4.39 Å². The van der Waals surface area contributed by atoms with Gasteiger partial charge in [0, 0.05) is 18.2 Å². The molecule has 1 N–H and O–H groups in total. The Hall–Kier alpha value is -3.04. The molecule has 0 aliphatic carbocycles. The molecular formula is C20H20FN3O4S. The summed E-state index contributed by atoms with van der Waals surface area (Å²) in [5, 5.41) is 4.23. The number of benzene rings is 2. The summed E-state index contributed by atoms with van der Waals surface area (Å²) in [6.45, 7) is 1.78. The monoisotopic (exact) mass is 417 g/mol. The van der Waals surface area contributed by atoms with Gasteiger partial charge in [0.05, 0.1) is 24.2 Å². The van der Waals surface area contributed by atoms with Crippen molar-refractivity contribution in [2.75, 3.05) is 13.7 Å². The lowest BCUT2D eigenvalue weighted by Crippen LogP contribution is -2.32. The molecule has 7 nitrogen and oxygen atoms in total. The van der Waals surface area contributed by atoms with Gasteiger partial charge in [0.15, 0.2) is 0 Å². The zero-order valence-electron chi connectivity index (χ0n) is 15.9. The van der Waals surface area contributed by atoms with Gasteiger partial charge in [-0.15, -0.1) is 0 Å². The van der Waals surface area contributed by atoms with Gasteiger partial charge in [-0.3, -0.25) is 4.79 Å². The van der Waals surface area contributed by atoms with Crippen molar-refractivity contribution in [3.63, 3.8) is 0 Å². The van der Waals surface area contributed by atoms with Gasteiger partial charge in [-0.2, -0.15) is 5.10 Å². The summed E-state index contributed by atoms with van der Waals surface area (Å²) >= 11 is 0. The SMILES string of the molecule is COc1ccc(S(=O)(=O)NCCn2nc(-c3ccc(F)cc3)ccc2=O)cc1C. The van der Waals surface area contributed by atoms with Gasteiger partial charge in [0.2, 0.25) is 10.0 Å². The molecule has 29 heavy (non-hydrogen) atoms. The normalized spacial score (nSPS) is 11.4. The van der Waals surface area contributed by atoms with Gasteiger partial charge in [-0.05, 0) is 61.0 Å². The Labute approximate surface area is 167 Å². The molecular weight excluding hydrogens is 397 g/mol. The maximum atomic E-state index is 13.1. The van der Waals surface area contributed by atoms with Crippen LogP contribution in [0.5, 0.6) is 5.75 Å². The van der Waals surface area contributed by atoms with Crippen LogP contribution < -0.4 is 15.0 Å². The van der Waals surface area contributed by atoms with Crippen LogP contribution in [0.1, 0.15) is 5.56 Å². The smallest absolute Gasteiger partial charge is 0.266 e. The first-order valence-electron chi connectivity index (χ1n) is 8.78. The number of ether oxygens (including phenoxy) is 1. The average Bonchev–Trinajstić information content (AvgIpc) is 2.70. The Balaban J connectivity index is 1.73. The lowest BCUT2D eigenvalue weighted by Gasteiger charge is -2.11. The third kappa shape index (κ3) is 4.87. The minimum Gasteiger partial charge on any atom is -0.496 e. The molecule has 9 heteroatoms. The highest BCUT2D eigenvalue weighted by Crippen LogP contribution is 2.21. The van der Waals surface area contributed by atoms with Crippen LogP contribution >= 0.6 is 0 Å². The summed E-state index contributed by atoms with van der Waals surface area (Å²) in [6, 6.07) is 13.2. The molecule has 0 atom stereocenters. The molecule has 0 amide bonds. The van der Waals surface area contributed by atoms with E-state index in [1.165, 1.54) is 48.2 Å². The zero-order chi connectivity index (χ0) is 21.0. The second-order valence-electron chi connectivity index (χ2n) is 6.32. The van der Waals surface area contributed by atoms with Gasteiger partial charge in [0.1, 0.15) is 11.6 Å². The van der Waals surface area contributed by atoms with E-state index >= 15 is 0 Å². The predicted octanol–water partition coefficient (Wildman–Crippen LogP) is 2.34. The van der Waals surface area contributed by atoms with E-state index in [1.54, 1.807) is 25.1 Å². The van der Waals surface area contributed by atoms with Crippen molar-refractivity contribution >= 4 is 10.0 Å². The molecule has 1 heterocycles. The first kappa shape index (κ1) is 20.7. The molecule has 2 aromatic carbocycles. The molecule has 1 aromatic heterocycles. The van der Waals surface area contributed by atoms with Crippen LogP contribution in [-0.2, 0) is 16.6 Å². The van der Waals surface area contributed by atoms with Gasteiger partial charge in [-0.25, -0.2) is 22.2 Å². The van der Waals surface area contributed by atoms with Gasteiger partial charge in [-0.1, -0.05) is 0 Å². The van der Waals surface area contributed by atoms with Crippen LogP contribution in [0, 0.1) is 12.7 Å². The Bertz CT molecular complexity index is 1180. The topological polar surface area (TPSA) is 90.3 Å². The van der Waals surface area contributed by atoms with Crippen molar-refractivity contribution in [1.29, 1.82) is 0 Å². The zero-order valence-corrected chi connectivity index (χ0v) is 16.7. The molecule has 0 saturated heterocycles. The Morgan fingerprint density at radius 1 is 1.10 bits per heavy atom. The minimum absolute atomic E-state index is 0.0206. The van der Waals surface area contributed by atoms with Crippen LogP contribution in [-0.4, -0.2) is 31.9 Å². The maximum Gasteiger partial charge on any atom is 0.266 e. The fourth-order valence-electron chi connectivity index (χ4n) is 2.77. The second kappa shape index (κ2) is 8.54. The van der Waals surface area contributed by atoms with Crippen molar-refractivity contribution in [3.05, 3.63) is 76.3 Å². The number of hydrogen-bond acceptors (Lipinski definition) is 5. The predicted molar refractivity (Wildman–Crippen MR) is 107 cm³/mol. The van der Waals surface area contributed by atoms with Crippen molar-refractivity contribution < 1.29 is 17.5 Å². The third-order valence-electron chi connectivity index (χ3n) is 4.30. The first-order valence-corrected chi connectivity index (χ1v) is 10.3. The first-order chi connectivity index (χ1) is 13.8. The Kier molecular flexibility index (Phi) is 6.09. The van der Waals surface area contributed by atoms with Crippen molar-refractivity contribution in [3.8, 4) is 17.0 Å². The van der Waals surface area contributed by atoms with Gasteiger partial charge >= 0.3 is 0 Å². The van der Waals surface area contributed by atoms with Crippen molar-refractivity contribution in [2.45, 2.75) is 18.4 Å². The summed E-state index contributed by atoms with van der Waals surface area (Å²) in [5.74, 6) is 0.225. The average molecular weight is 417 g/mol. The van der Waals surface area contributed by atoms with Crippen LogP contribution in [0.15, 0.2) is 64.3 Å². The fraction of sp³-hybridized carbons (Fsp3) is 0.200. The highest BCUT2D eigenvalue weighted by Gasteiger charge is 2.15.